The van der Waals surface area contributed by atoms with Gasteiger partial charge in [-0.2, -0.15) is 0 Å². The van der Waals surface area contributed by atoms with Crippen LogP contribution in [0.3, 0.4) is 0 Å². The van der Waals surface area contributed by atoms with Gasteiger partial charge in [-0.3, -0.25) is 0 Å². The van der Waals surface area contributed by atoms with Crippen molar-refractivity contribution in [3.05, 3.63) is 53.8 Å². The maximum Gasteiger partial charge on any atom is 0.131 e. The molecule has 2 aromatic rings. The number of rotatable bonds is 6. The molecule has 0 amide bonds. The van der Waals surface area contributed by atoms with Crippen LogP contribution in [0.15, 0.2) is 42.5 Å². The zero-order valence-electron chi connectivity index (χ0n) is 11.9. The molecule has 2 aromatic carbocycles. The Bertz CT molecular complexity index is 551. The van der Waals surface area contributed by atoms with Crippen LogP contribution in [0.5, 0.6) is 5.75 Å². The van der Waals surface area contributed by atoms with E-state index in [1.165, 1.54) is 6.07 Å². The van der Waals surface area contributed by atoms with Gasteiger partial charge in [0, 0.05) is 12.1 Å². The van der Waals surface area contributed by atoms with Gasteiger partial charge in [0.2, 0.25) is 0 Å². The van der Waals surface area contributed by atoms with Crippen molar-refractivity contribution in [1.82, 2.24) is 5.32 Å². The summed E-state index contributed by atoms with van der Waals surface area (Å²) in [5.74, 6) is 0.606. The molecular formula is C17H20FNO. The number of benzene rings is 2. The maximum atomic E-state index is 14.0. The zero-order chi connectivity index (χ0) is 14.4. The Kier molecular flexibility index (Phi) is 5.13. The standard InChI is InChI=1S/C17H20FNO/c1-3-19-12-13-5-10-17(18)16(11-13)14-6-8-15(9-7-14)20-4-2/h5-11,19H,3-4,12H2,1-2H3. The van der Waals surface area contributed by atoms with Gasteiger partial charge in [-0.05, 0) is 48.9 Å². The molecule has 0 bridgehead atoms. The molecule has 0 spiro atoms. The Morgan fingerprint density at radius 1 is 1.05 bits per heavy atom. The largest absolute Gasteiger partial charge is 0.494 e. The van der Waals surface area contributed by atoms with Gasteiger partial charge in [-0.25, -0.2) is 4.39 Å². The molecule has 1 N–H and O–H groups in total. The van der Waals surface area contributed by atoms with Crippen molar-refractivity contribution < 1.29 is 9.13 Å². The number of ether oxygens (including phenoxy) is 1. The van der Waals surface area contributed by atoms with E-state index < -0.39 is 0 Å². The van der Waals surface area contributed by atoms with E-state index >= 15 is 0 Å². The molecule has 0 atom stereocenters. The molecule has 0 saturated heterocycles. The summed E-state index contributed by atoms with van der Waals surface area (Å²) in [6.45, 7) is 6.27. The summed E-state index contributed by atoms with van der Waals surface area (Å²) in [5, 5.41) is 3.25. The molecule has 0 aliphatic heterocycles. The fourth-order valence-electron chi connectivity index (χ4n) is 2.07. The van der Waals surface area contributed by atoms with Crippen LogP contribution in [-0.4, -0.2) is 13.2 Å². The molecule has 0 heterocycles. The van der Waals surface area contributed by atoms with Gasteiger partial charge in [0.25, 0.3) is 0 Å². The summed E-state index contributed by atoms with van der Waals surface area (Å²) >= 11 is 0. The van der Waals surface area contributed by atoms with Gasteiger partial charge in [-0.15, -0.1) is 0 Å². The predicted molar refractivity (Wildman–Crippen MR) is 80.4 cm³/mol. The second-order valence-electron chi connectivity index (χ2n) is 4.55. The van der Waals surface area contributed by atoms with Gasteiger partial charge >= 0.3 is 0 Å². The lowest BCUT2D eigenvalue weighted by atomic mass is 10.0. The highest BCUT2D eigenvalue weighted by atomic mass is 19.1. The highest BCUT2D eigenvalue weighted by Gasteiger charge is 2.06. The van der Waals surface area contributed by atoms with Gasteiger partial charge in [0.15, 0.2) is 0 Å². The van der Waals surface area contributed by atoms with Crippen molar-refractivity contribution in [1.29, 1.82) is 0 Å². The Hall–Kier alpha value is -1.87. The minimum atomic E-state index is -0.200. The Labute approximate surface area is 119 Å². The van der Waals surface area contributed by atoms with Crippen LogP contribution in [0.4, 0.5) is 4.39 Å². The number of hydrogen-bond donors (Lipinski definition) is 1. The summed E-state index contributed by atoms with van der Waals surface area (Å²) in [6.07, 6.45) is 0. The topological polar surface area (TPSA) is 21.3 Å². The van der Waals surface area contributed by atoms with Crippen molar-refractivity contribution in [2.45, 2.75) is 20.4 Å². The highest BCUT2D eigenvalue weighted by molar-refractivity contribution is 5.65. The average molecular weight is 273 g/mol. The van der Waals surface area contributed by atoms with Crippen molar-refractivity contribution >= 4 is 0 Å². The molecule has 106 valence electrons. The van der Waals surface area contributed by atoms with Crippen LogP contribution in [0, 0.1) is 5.82 Å². The summed E-state index contributed by atoms with van der Waals surface area (Å²) in [5.41, 5.74) is 2.57. The van der Waals surface area contributed by atoms with Crippen LogP contribution in [0.2, 0.25) is 0 Å². The monoisotopic (exact) mass is 273 g/mol. The number of nitrogens with one attached hydrogen (secondary N) is 1. The van der Waals surface area contributed by atoms with E-state index in [4.69, 9.17) is 4.74 Å². The molecule has 0 aromatic heterocycles. The van der Waals surface area contributed by atoms with Gasteiger partial charge in [-0.1, -0.05) is 25.1 Å². The molecular weight excluding hydrogens is 253 g/mol. The van der Waals surface area contributed by atoms with Crippen molar-refractivity contribution in [3.8, 4) is 16.9 Å². The minimum absolute atomic E-state index is 0.200. The van der Waals surface area contributed by atoms with Crippen molar-refractivity contribution in [3.63, 3.8) is 0 Å². The van der Waals surface area contributed by atoms with E-state index in [-0.39, 0.29) is 5.82 Å². The van der Waals surface area contributed by atoms with Crippen molar-refractivity contribution in [2.24, 2.45) is 0 Å². The molecule has 2 nitrogen and oxygen atoms in total. The fourth-order valence-corrected chi connectivity index (χ4v) is 2.07. The Morgan fingerprint density at radius 2 is 1.80 bits per heavy atom. The molecule has 20 heavy (non-hydrogen) atoms. The zero-order valence-corrected chi connectivity index (χ0v) is 11.9. The molecule has 3 heteroatoms. The lowest BCUT2D eigenvalue weighted by Gasteiger charge is -2.09. The molecule has 0 unspecified atom stereocenters. The summed E-state index contributed by atoms with van der Waals surface area (Å²) in [7, 11) is 0. The predicted octanol–water partition coefficient (Wildman–Crippen LogP) is 4.00. The van der Waals surface area contributed by atoms with Crippen LogP contribution < -0.4 is 10.1 Å². The lowest BCUT2D eigenvalue weighted by Crippen LogP contribution is -2.11. The fraction of sp³-hybridized carbons (Fsp3) is 0.294. The van der Waals surface area contributed by atoms with E-state index in [1.54, 1.807) is 0 Å². The van der Waals surface area contributed by atoms with E-state index in [0.717, 1.165) is 30.0 Å². The van der Waals surface area contributed by atoms with Gasteiger partial charge in [0.1, 0.15) is 11.6 Å². The van der Waals surface area contributed by atoms with Crippen LogP contribution >= 0.6 is 0 Å². The average Bonchev–Trinajstić information content (AvgIpc) is 2.48. The molecule has 2 rings (SSSR count). The number of halogens is 1. The number of hydrogen-bond acceptors (Lipinski definition) is 2. The minimum Gasteiger partial charge on any atom is -0.494 e. The second kappa shape index (κ2) is 7.06. The third-order valence-electron chi connectivity index (χ3n) is 3.09. The van der Waals surface area contributed by atoms with E-state index in [0.29, 0.717) is 12.2 Å². The van der Waals surface area contributed by atoms with Crippen molar-refractivity contribution in [2.75, 3.05) is 13.2 Å². The van der Waals surface area contributed by atoms with Gasteiger partial charge < -0.3 is 10.1 Å². The Balaban J connectivity index is 2.26. The van der Waals surface area contributed by atoms with E-state index in [1.807, 2.05) is 43.3 Å². The molecule has 0 radical (unpaired) electrons. The molecule has 0 saturated carbocycles. The first-order valence-electron chi connectivity index (χ1n) is 6.97. The van der Waals surface area contributed by atoms with Crippen LogP contribution in [0.1, 0.15) is 19.4 Å². The van der Waals surface area contributed by atoms with Crippen LogP contribution in [-0.2, 0) is 6.54 Å². The molecule has 0 fully saturated rings. The third-order valence-corrected chi connectivity index (χ3v) is 3.09. The quantitative estimate of drug-likeness (QED) is 0.859. The summed E-state index contributed by atoms with van der Waals surface area (Å²) in [6, 6.07) is 12.8. The summed E-state index contributed by atoms with van der Waals surface area (Å²) < 4.78 is 19.4. The first kappa shape index (κ1) is 14.5. The van der Waals surface area contributed by atoms with Gasteiger partial charge in [0.05, 0.1) is 6.61 Å². The maximum absolute atomic E-state index is 14.0. The SMILES string of the molecule is CCNCc1ccc(F)c(-c2ccc(OCC)cc2)c1. The smallest absolute Gasteiger partial charge is 0.131 e. The van der Waals surface area contributed by atoms with E-state index in [2.05, 4.69) is 12.2 Å². The first-order valence-corrected chi connectivity index (χ1v) is 6.97. The third kappa shape index (κ3) is 3.58. The molecule has 0 aliphatic rings. The normalized spacial score (nSPS) is 10.6. The lowest BCUT2D eigenvalue weighted by molar-refractivity contribution is 0.340. The Morgan fingerprint density at radius 3 is 2.45 bits per heavy atom. The first-order chi connectivity index (χ1) is 9.74. The molecule has 0 aliphatic carbocycles. The highest BCUT2D eigenvalue weighted by Crippen LogP contribution is 2.26. The van der Waals surface area contributed by atoms with E-state index in [9.17, 15) is 4.39 Å². The van der Waals surface area contributed by atoms with Crippen LogP contribution in [0.25, 0.3) is 11.1 Å². The summed E-state index contributed by atoms with van der Waals surface area (Å²) in [4.78, 5) is 0. The second-order valence-corrected chi connectivity index (χ2v) is 4.55.